The van der Waals surface area contributed by atoms with Crippen molar-refractivity contribution in [3.8, 4) is 5.75 Å². The fourth-order valence-corrected chi connectivity index (χ4v) is 4.50. The summed E-state index contributed by atoms with van der Waals surface area (Å²) in [7, 11) is 0. The number of carboxylic acid groups (broad SMARTS) is 1. The van der Waals surface area contributed by atoms with Crippen molar-refractivity contribution >= 4 is 5.97 Å². The largest absolute Gasteiger partial charge is 0.483 e. The Morgan fingerprint density at radius 3 is 2.12 bits per heavy atom. The Bertz CT molecular complexity index is 1240. The van der Waals surface area contributed by atoms with E-state index in [1.807, 2.05) is 59.7 Å². The summed E-state index contributed by atoms with van der Waals surface area (Å²) in [6, 6.07) is 14.3. The monoisotopic (exact) mass is 562 g/mol. The number of carboxylic acids is 1. The molecule has 1 fully saturated rings. The van der Waals surface area contributed by atoms with Gasteiger partial charge in [0.05, 0.1) is 18.3 Å². The molecule has 40 heavy (non-hydrogen) atoms. The molecule has 6 nitrogen and oxygen atoms in total. The first kappa shape index (κ1) is 34.4. The SMILES string of the molecule is CC.CC.CC.O=C(O)c1nn(CC2(c3cccc(C(F)(F)F)c3)CCCC2)cc(OCc2ccccc2)c1=O. The maximum atomic E-state index is 13.3. The third kappa shape index (κ3) is 8.96. The van der Waals surface area contributed by atoms with Gasteiger partial charge < -0.3 is 9.84 Å². The molecule has 0 bridgehead atoms. The average molecular weight is 563 g/mol. The Balaban J connectivity index is 0.00000125. The zero-order valence-corrected chi connectivity index (χ0v) is 24.2. The maximum Gasteiger partial charge on any atom is 0.416 e. The molecule has 0 radical (unpaired) electrons. The van der Waals surface area contributed by atoms with Crippen molar-refractivity contribution in [3.05, 3.63) is 93.4 Å². The number of benzene rings is 2. The van der Waals surface area contributed by atoms with Gasteiger partial charge in [0.2, 0.25) is 5.69 Å². The highest BCUT2D eigenvalue weighted by atomic mass is 19.4. The molecule has 1 saturated carbocycles. The number of carbonyl (C=O) groups is 1. The van der Waals surface area contributed by atoms with E-state index in [2.05, 4.69) is 5.10 Å². The summed E-state index contributed by atoms with van der Waals surface area (Å²) in [5.74, 6) is -1.67. The lowest BCUT2D eigenvalue weighted by atomic mass is 9.78. The normalized spacial score (nSPS) is 13.4. The predicted molar refractivity (Wildman–Crippen MR) is 152 cm³/mol. The number of hydrogen-bond donors (Lipinski definition) is 1. The second-order valence-corrected chi connectivity index (χ2v) is 8.51. The molecular formula is C31H41F3N2O4. The summed E-state index contributed by atoms with van der Waals surface area (Å²) in [6.07, 6.45) is -0.264. The van der Waals surface area contributed by atoms with Gasteiger partial charge in [-0.1, -0.05) is 103 Å². The second kappa shape index (κ2) is 16.5. The Labute approximate surface area is 234 Å². The first-order chi connectivity index (χ1) is 19.2. The first-order valence-corrected chi connectivity index (χ1v) is 13.9. The predicted octanol–water partition coefficient (Wildman–Crippen LogP) is 8.13. The van der Waals surface area contributed by atoms with E-state index in [0.29, 0.717) is 18.4 Å². The van der Waals surface area contributed by atoms with Crippen molar-refractivity contribution in [2.75, 3.05) is 0 Å². The van der Waals surface area contributed by atoms with Gasteiger partial charge in [-0.05, 0) is 30.0 Å². The smallest absolute Gasteiger partial charge is 0.416 e. The molecule has 0 spiro atoms. The molecule has 220 valence electrons. The van der Waals surface area contributed by atoms with E-state index >= 15 is 0 Å². The van der Waals surface area contributed by atoms with Crippen molar-refractivity contribution in [3.63, 3.8) is 0 Å². The number of alkyl halides is 3. The van der Waals surface area contributed by atoms with Crippen molar-refractivity contribution in [2.45, 2.75) is 92.0 Å². The Hall–Kier alpha value is -3.62. The molecule has 0 saturated heterocycles. The average Bonchev–Trinajstić information content (AvgIpc) is 3.46. The van der Waals surface area contributed by atoms with Crippen molar-refractivity contribution in [2.24, 2.45) is 0 Å². The van der Waals surface area contributed by atoms with Gasteiger partial charge in [0.15, 0.2) is 5.75 Å². The number of halogens is 3. The number of aromatic nitrogens is 2. The number of hydrogen-bond acceptors (Lipinski definition) is 4. The van der Waals surface area contributed by atoms with Gasteiger partial charge >= 0.3 is 12.1 Å². The lowest BCUT2D eigenvalue weighted by Crippen LogP contribution is -2.32. The van der Waals surface area contributed by atoms with Gasteiger partial charge in [-0.2, -0.15) is 18.3 Å². The fourth-order valence-electron chi connectivity index (χ4n) is 4.50. The third-order valence-electron chi connectivity index (χ3n) is 6.20. The molecule has 0 amide bonds. The van der Waals surface area contributed by atoms with Crippen LogP contribution in [0.2, 0.25) is 0 Å². The minimum Gasteiger partial charge on any atom is -0.483 e. The summed E-state index contributed by atoms with van der Waals surface area (Å²) >= 11 is 0. The molecule has 1 aromatic heterocycles. The standard InChI is InChI=1S/C25H23F3N2O4.3C2H6/c26-25(27,28)19-10-6-9-18(13-19)24(11-4-5-12-24)16-30-14-20(22(31)21(29-30)23(32)33)34-15-17-7-2-1-3-8-17;3*1-2/h1-3,6-10,13-14H,4-5,11-12,15-16H2,(H,32,33);3*1-2H3. The zero-order valence-electron chi connectivity index (χ0n) is 24.2. The lowest BCUT2D eigenvalue weighted by Gasteiger charge is -2.31. The van der Waals surface area contributed by atoms with E-state index in [9.17, 15) is 27.9 Å². The molecule has 1 aliphatic rings. The van der Waals surface area contributed by atoms with Gasteiger partial charge in [0.25, 0.3) is 5.43 Å². The van der Waals surface area contributed by atoms with Crippen molar-refractivity contribution < 1.29 is 27.8 Å². The molecule has 9 heteroatoms. The van der Waals surface area contributed by atoms with Crippen LogP contribution in [0, 0.1) is 0 Å². The number of nitrogens with zero attached hydrogens (tertiary/aromatic N) is 2. The van der Waals surface area contributed by atoms with Gasteiger partial charge in [-0.3, -0.25) is 9.48 Å². The van der Waals surface area contributed by atoms with Crippen LogP contribution < -0.4 is 10.2 Å². The molecule has 0 atom stereocenters. The first-order valence-electron chi connectivity index (χ1n) is 13.9. The second-order valence-electron chi connectivity index (χ2n) is 8.51. The summed E-state index contributed by atoms with van der Waals surface area (Å²) < 4.78 is 47.0. The van der Waals surface area contributed by atoms with E-state index in [-0.39, 0.29) is 18.9 Å². The van der Waals surface area contributed by atoms with Crippen molar-refractivity contribution in [1.82, 2.24) is 9.78 Å². The molecule has 1 heterocycles. The molecular weight excluding hydrogens is 521 g/mol. The van der Waals surface area contributed by atoms with Crippen molar-refractivity contribution in [1.29, 1.82) is 0 Å². The van der Waals surface area contributed by atoms with E-state index in [1.54, 1.807) is 18.2 Å². The summed E-state index contributed by atoms with van der Waals surface area (Å²) in [5, 5.41) is 13.5. The van der Waals surface area contributed by atoms with Crippen LogP contribution in [0.1, 0.15) is 94.4 Å². The van der Waals surface area contributed by atoms with E-state index < -0.39 is 34.2 Å². The highest BCUT2D eigenvalue weighted by Crippen LogP contribution is 2.44. The van der Waals surface area contributed by atoms with Gasteiger partial charge in [0, 0.05) is 5.41 Å². The summed E-state index contributed by atoms with van der Waals surface area (Å²) in [5.41, 5.74) is -1.64. The molecule has 0 unspecified atom stereocenters. The molecule has 4 rings (SSSR count). The number of rotatable bonds is 7. The van der Waals surface area contributed by atoms with Crippen LogP contribution >= 0.6 is 0 Å². The fraction of sp³-hybridized carbons (Fsp3) is 0.452. The highest BCUT2D eigenvalue weighted by molar-refractivity contribution is 5.85. The Morgan fingerprint density at radius 1 is 0.975 bits per heavy atom. The van der Waals surface area contributed by atoms with Gasteiger partial charge in [-0.25, -0.2) is 4.79 Å². The van der Waals surface area contributed by atoms with Crippen LogP contribution in [-0.2, 0) is 24.7 Å². The summed E-state index contributed by atoms with van der Waals surface area (Å²) in [4.78, 5) is 24.3. The Kier molecular flexibility index (Phi) is 14.2. The van der Waals surface area contributed by atoms with Gasteiger partial charge in [-0.15, -0.1) is 0 Å². The molecule has 1 aliphatic carbocycles. The highest BCUT2D eigenvalue weighted by Gasteiger charge is 2.39. The lowest BCUT2D eigenvalue weighted by molar-refractivity contribution is -0.137. The molecule has 2 aromatic carbocycles. The number of aromatic carboxylic acids is 1. The van der Waals surface area contributed by atoms with Crippen LogP contribution in [0.15, 0.2) is 65.6 Å². The number of ether oxygens (including phenoxy) is 1. The van der Waals surface area contributed by atoms with Gasteiger partial charge in [0.1, 0.15) is 6.61 Å². The molecule has 3 aromatic rings. The van der Waals surface area contributed by atoms with Crippen LogP contribution in [0.4, 0.5) is 13.2 Å². The minimum absolute atomic E-state index is 0.0535. The zero-order chi connectivity index (χ0) is 30.3. The van der Waals surface area contributed by atoms with Crippen LogP contribution in [0.5, 0.6) is 5.75 Å². The Morgan fingerprint density at radius 2 is 1.57 bits per heavy atom. The molecule has 1 N–H and O–H groups in total. The van der Waals surface area contributed by atoms with E-state index in [4.69, 9.17) is 4.74 Å². The quantitative estimate of drug-likeness (QED) is 0.314. The van der Waals surface area contributed by atoms with E-state index in [1.165, 1.54) is 16.9 Å². The summed E-state index contributed by atoms with van der Waals surface area (Å²) in [6.45, 7) is 12.2. The van der Waals surface area contributed by atoms with Crippen LogP contribution in [0.25, 0.3) is 0 Å². The van der Waals surface area contributed by atoms with Crippen LogP contribution in [0.3, 0.4) is 0 Å². The third-order valence-corrected chi connectivity index (χ3v) is 6.20. The topological polar surface area (TPSA) is 81.4 Å². The van der Waals surface area contributed by atoms with E-state index in [0.717, 1.165) is 30.5 Å². The van der Waals surface area contributed by atoms with Crippen LogP contribution in [-0.4, -0.2) is 20.9 Å². The minimum atomic E-state index is -4.47. The molecule has 0 aliphatic heterocycles. The maximum absolute atomic E-state index is 13.3.